The van der Waals surface area contributed by atoms with Crippen molar-refractivity contribution in [3.05, 3.63) is 71.0 Å². The molecule has 1 amide bonds. The summed E-state index contributed by atoms with van der Waals surface area (Å²) in [4.78, 5) is 12.4. The van der Waals surface area contributed by atoms with Crippen LogP contribution in [0.2, 0.25) is 0 Å². The van der Waals surface area contributed by atoms with Crippen molar-refractivity contribution >= 4 is 16.9 Å². The highest BCUT2D eigenvalue weighted by molar-refractivity contribution is 5.98. The van der Waals surface area contributed by atoms with Gasteiger partial charge in [0, 0.05) is 17.5 Å². The highest BCUT2D eigenvalue weighted by Crippen LogP contribution is 2.24. The van der Waals surface area contributed by atoms with Gasteiger partial charge in [-0.15, -0.1) is 0 Å². The van der Waals surface area contributed by atoms with Crippen molar-refractivity contribution in [2.24, 2.45) is 0 Å². The summed E-state index contributed by atoms with van der Waals surface area (Å²) >= 11 is 0. The van der Waals surface area contributed by atoms with Crippen molar-refractivity contribution < 1.29 is 9.21 Å². The Morgan fingerprint density at radius 2 is 1.79 bits per heavy atom. The largest absolute Gasteiger partial charge is 0.451 e. The van der Waals surface area contributed by atoms with Crippen LogP contribution in [0.5, 0.6) is 0 Å². The van der Waals surface area contributed by atoms with E-state index in [1.165, 1.54) is 11.1 Å². The Kier molecular flexibility index (Phi) is 4.70. The van der Waals surface area contributed by atoms with E-state index >= 15 is 0 Å². The van der Waals surface area contributed by atoms with Crippen LogP contribution in [0.15, 0.2) is 52.9 Å². The Morgan fingerprint density at radius 3 is 2.46 bits per heavy atom. The van der Waals surface area contributed by atoms with Gasteiger partial charge in [0.25, 0.3) is 5.91 Å². The zero-order valence-corrected chi connectivity index (χ0v) is 14.4. The maximum atomic E-state index is 12.4. The van der Waals surface area contributed by atoms with Gasteiger partial charge in [0.15, 0.2) is 5.76 Å². The molecule has 1 N–H and O–H groups in total. The smallest absolute Gasteiger partial charge is 0.287 e. The minimum absolute atomic E-state index is 0.150. The number of carbonyl (C=O) groups is 1. The molecule has 0 unspecified atom stereocenters. The molecule has 1 heterocycles. The fraction of sp³-hybridized carbons (Fsp3) is 0.286. The quantitative estimate of drug-likeness (QED) is 0.731. The van der Waals surface area contributed by atoms with Gasteiger partial charge in [0.1, 0.15) is 5.58 Å². The number of hydrogen-bond acceptors (Lipinski definition) is 2. The number of aryl methyl sites for hydroxylation is 1. The first-order valence-corrected chi connectivity index (χ1v) is 8.41. The van der Waals surface area contributed by atoms with Gasteiger partial charge in [-0.25, -0.2) is 0 Å². The molecule has 2 aromatic carbocycles. The summed E-state index contributed by atoms with van der Waals surface area (Å²) in [6.45, 7) is 6.89. The molecule has 0 atom stereocenters. The summed E-state index contributed by atoms with van der Waals surface area (Å²) in [7, 11) is 0. The number of para-hydroxylation sites is 1. The SMILES string of the molecule is Cc1c(C(=O)NCCc2ccc(C(C)C)cc2)oc2ccccc12. The van der Waals surface area contributed by atoms with Crippen LogP contribution in [0.25, 0.3) is 11.0 Å². The van der Waals surface area contributed by atoms with E-state index < -0.39 is 0 Å². The summed E-state index contributed by atoms with van der Waals surface area (Å²) in [5.74, 6) is 0.795. The average Bonchev–Trinajstić information content (AvgIpc) is 2.93. The predicted octanol–water partition coefficient (Wildman–Crippen LogP) is 4.84. The summed E-state index contributed by atoms with van der Waals surface area (Å²) in [6, 6.07) is 16.3. The minimum atomic E-state index is -0.150. The second kappa shape index (κ2) is 6.91. The molecule has 0 bridgehead atoms. The van der Waals surface area contributed by atoms with Gasteiger partial charge < -0.3 is 9.73 Å². The third kappa shape index (κ3) is 3.35. The van der Waals surface area contributed by atoms with E-state index in [-0.39, 0.29) is 5.91 Å². The number of rotatable bonds is 5. The van der Waals surface area contributed by atoms with Crippen molar-refractivity contribution in [2.45, 2.75) is 33.1 Å². The number of benzene rings is 2. The lowest BCUT2D eigenvalue weighted by Crippen LogP contribution is -2.25. The van der Waals surface area contributed by atoms with Crippen molar-refractivity contribution in [1.82, 2.24) is 5.32 Å². The highest BCUT2D eigenvalue weighted by Gasteiger charge is 2.16. The summed E-state index contributed by atoms with van der Waals surface area (Å²) in [5.41, 5.74) is 4.20. The lowest BCUT2D eigenvalue weighted by atomic mass is 10.0. The molecule has 3 heteroatoms. The van der Waals surface area contributed by atoms with Crippen LogP contribution in [-0.4, -0.2) is 12.5 Å². The van der Waals surface area contributed by atoms with Gasteiger partial charge in [-0.1, -0.05) is 56.3 Å². The fourth-order valence-electron chi connectivity index (χ4n) is 2.86. The van der Waals surface area contributed by atoms with Crippen LogP contribution in [-0.2, 0) is 6.42 Å². The van der Waals surface area contributed by atoms with Crippen molar-refractivity contribution in [1.29, 1.82) is 0 Å². The van der Waals surface area contributed by atoms with Crippen LogP contribution in [0.1, 0.15) is 47.0 Å². The predicted molar refractivity (Wildman–Crippen MR) is 97.5 cm³/mol. The van der Waals surface area contributed by atoms with Crippen LogP contribution in [0.4, 0.5) is 0 Å². The van der Waals surface area contributed by atoms with Crippen molar-refractivity contribution in [2.75, 3.05) is 6.54 Å². The number of carbonyl (C=O) groups excluding carboxylic acids is 1. The number of nitrogens with one attached hydrogen (secondary N) is 1. The van der Waals surface area contributed by atoms with E-state index in [1.807, 2.05) is 31.2 Å². The molecule has 3 aromatic rings. The number of fused-ring (bicyclic) bond motifs is 1. The van der Waals surface area contributed by atoms with E-state index in [9.17, 15) is 4.79 Å². The molecule has 3 rings (SSSR count). The Morgan fingerprint density at radius 1 is 1.08 bits per heavy atom. The monoisotopic (exact) mass is 321 g/mol. The zero-order valence-electron chi connectivity index (χ0n) is 14.4. The molecule has 24 heavy (non-hydrogen) atoms. The molecule has 0 saturated carbocycles. The Hall–Kier alpha value is -2.55. The maximum Gasteiger partial charge on any atom is 0.287 e. The van der Waals surface area contributed by atoms with Gasteiger partial charge in [0.2, 0.25) is 0 Å². The van der Waals surface area contributed by atoms with Gasteiger partial charge in [0.05, 0.1) is 0 Å². The van der Waals surface area contributed by atoms with Gasteiger partial charge in [-0.2, -0.15) is 0 Å². The molecular formula is C21H23NO2. The maximum absolute atomic E-state index is 12.4. The summed E-state index contributed by atoms with van der Waals surface area (Å²) < 4.78 is 5.69. The molecule has 3 nitrogen and oxygen atoms in total. The van der Waals surface area contributed by atoms with Crippen molar-refractivity contribution in [3.8, 4) is 0 Å². The number of amides is 1. The van der Waals surface area contributed by atoms with E-state index in [4.69, 9.17) is 4.42 Å². The molecule has 0 aliphatic carbocycles. The molecule has 124 valence electrons. The van der Waals surface area contributed by atoms with Crippen LogP contribution < -0.4 is 5.32 Å². The first-order chi connectivity index (χ1) is 11.6. The highest BCUT2D eigenvalue weighted by atomic mass is 16.3. The van der Waals surface area contributed by atoms with E-state index in [0.29, 0.717) is 18.2 Å². The second-order valence-electron chi connectivity index (χ2n) is 6.45. The standard InChI is InChI=1S/C21H23NO2/c1-14(2)17-10-8-16(9-11-17)12-13-22-21(23)20-15(3)18-6-4-5-7-19(18)24-20/h4-11,14H,12-13H2,1-3H3,(H,22,23). The van der Waals surface area contributed by atoms with Crippen molar-refractivity contribution in [3.63, 3.8) is 0 Å². The Labute approximate surface area is 142 Å². The van der Waals surface area contributed by atoms with Crippen LogP contribution in [0.3, 0.4) is 0 Å². The average molecular weight is 321 g/mol. The topological polar surface area (TPSA) is 42.2 Å². The molecule has 0 radical (unpaired) electrons. The van der Waals surface area contributed by atoms with Gasteiger partial charge in [-0.05, 0) is 36.5 Å². The molecule has 0 saturated heterocycles. The zero-order chi connectivity index (χ0) is 17.1. The summed E-state index contributed by atoms with van der Waals surface area (Å²) in [6.07, 6.45) is 0.809. The second-order valence-corrected chi connectivity index (χ2v) is 6.45. The molecule has 1 aromatic heterocycles. The summed E-state index contributed by atoms with van der Waals surface area (Å²) in [5, 5.41) is 3.95. The lowest BCUT2D eigenvalue weighted by molar-refractivity contribution is 0.0928. The van der Waals surface area contributed by atoms with Gasteiger partial charge in [-0.3, -0.25) is 4.79 Å². The van der Waals surface area contributed by atoms with Gasteiger partial charge >= 0.3 is 0 Å². The van der Waals surface area contributed by atoms with Crippen LogP contribution in [0, 0.1) is 6.92 Å². The first-order valence-electron chi connectivity index (χ1n) is 8.41. The molecule has 0 fully saturated rings. The van der Waals surface area contributed by atoms with E-state index in [2.05, 4.69) is 43.4 Å². The Balaban J connectivity index is 1.61. The molecular weight excluding hydrogens is 298 g/mol. The minimum Gasteiger partial charge on any atom is -0.451 e. The number of furan rings is 1. The third-order valence-corrected chi connectivity index (χ3v) is 4.40. The molecule has 0 aliphatic heterocycles. The lowest BCUT2D eigenvalue weighted by Gasteiger charge is -2.07. The Bertz CT molecular complexity index is 844. The van der Waals surface area contributed by atoms with Crippen LogP contribution >= 0.6 is 0 Å². The molecule has 0 spiro atoms. The fourth-order valence-corrected chi connectivity index (χ4v) is 2.86. The normalized spacial score (nSPS) is 11.2. The van der Waals surface area contributed by atoms with E-state index in [0.717, 1.165) is 23.0 Å². The first kappa shape index (κ1) is 16.3. The third-order valence-electron chi connectivity index (χ3n) is 4.40. The number of hydrogen-bond donors (Lipinski definition) is 1. The van der Waals surface area contributed by atoms with E-state index in [1.54, 1.807) is 0 Å². The molecule has 0 aliphatic rings.